The topological polar surface area (TPSA) is 64.5 Å². The van der Waals surface area contributed by atoms with Gasteiger partial charge in [0, 0.05) is 40.6 Å². The highest BCUT2D eigenvalue weighted by molar-refractivity contribution is 5.87. The van der Waals surface area contributed by atoms with Gasteiger partial charge in [-0.25, -0.2) is 15.0 Å². The first-order valence-corrected chi connectivity index (χ1v) is 20.2. The molecule has 284 valence electrons. The average Bonchev–Trinajstić information content (AvgIpc) is 3.35. The maximum absolute atomic E-state index is 5.38. The van der Waals surface area contributed by atoms with Crippen molar-refractivity contribution in [3.05, 3.63) is 236 Å². The minimum Gasteiger partial charge on any atom is -0.256 e. The fourth-order valence-electron chi connectivity index (χ4n) is 7.86. The first kappa shape index (κ1) is 36.5. The number of benzene rings is 6. The van der Waals surface area contributed by atoms with Crippen molar-refractivity contribution >= 4 is 11.1 Å². The molecule has 5 heteroatoms. The minimum atomic E-state index is -0.115. The van der Waals surface area contributed by atoms with E-state index in [0.717, 1.165) is 79.3 Å². The predicted octanol–water partition coefficient (Wildman–Crippen LogP) is 13.3. The molecule has 0 bridgehead atoms. The van der Waals surface area contributed by atoms with Gasteiger partial charge in [0.25, 0.3) is 0 Å². The van der Waals surface area contributed by atoms with Gasteiger partial charge < -0.3 is 0 Å². The zero-order valence-corrected chi connectivity index (χ0v) is 32.8. The molecule has 3 heterocycles. The standard InChI is InChI=1S/C55H39N5/c1-4-14-38(15-5-1)45-32-47(40-22-26-42(27-23-40)51-20-10-12-30-56-51)36-49(34-45)54-58-53(44-18-8-3-9-19-44)59-55(60-54)50-35-46(39-16-6-2-7-17-39)33-48(37-50)41-24-28-43(29-25-41)52-21-11-13-31-57-52/h1-34,36-37,50H,35H2. The summed E-state index contributed by atoms with van der Waals surface area (Å²) >= 11 is 0. The molecule has 0 saturated carbocycles. The number of hydrogen-bond acceptors (Lipinski definition) is 5. The summed E-state index contributed by atoms with van der Waals surface area (Å²) in [6.45, 7) is 0. The number of nitrogens with zero attached hydrogens (tertiary/aromatic N) is 5. The van der Waals surface area contributed by atoms with Crippen molar-refractivity contribution in [1.82, 2.24) is 24.9 Å². The summed E-state index contributed by atoms with van der Waals surface area (Å²) in [7, 11) is 0. The molecule has 0 amide bonds. The van der Waals surface area contributed by atoms with E-state index in [-0.39, 0.29) is 5.92 Å². The molecule has 5 nitrogen and oxygen atoms in total. The molecule has 6 aromatic carbocycles. The summed E-state index contributed by atoms with van der Waals surface area (Å²) in [4.78, 5) is 25.0. The van der Waals surface area contributed by atoms with E-state index in [4.69, 9.17) is 15.0 Å². The molecular formula is C55H39N5. The predicted molar refractivity (Wildman–Crippen MR) is 244 cm³/mol. The van der Waals surface area contributed by atoms with Crippen molar-refractivity contribution in [2.24, 2.45) is 0 Å². The molecule has 0 saturated heterocycles. The molecule has 0 spiro atoms. The summed E-state index contributed by atoms with van der Waals surface area (Å²) in [6, 6.07) is 67.3. The largest absolute Gasteiger partial charge is 0.256 e. The van der Waals surface area contributed by atoms with E-state index in [1.807, 2.05) is 73.1 Å². The fourth-order valence-corrected chi connectivity index (χ4v) is 7.86. The van der Waals surface area contributed by atoms with E-state index in [2.05, 4.69) is 156 Å². The van der Waals surface area contributed by atoms with Crippen molar-refractivity contribution in [2.45, 2.75) is 12.3 Å². The molecule has 0 radical (unpaired) electrons. The number of hydrogen-bond donors (Lipinski definition) is 0. The maximum atomic E-state index is 5.38. The molecule has 0 aliphatic heterocycles. The minimum absolute atomic E-state index is 0.115. The quantitative estimate of drug-likeness (QED) is 0.146. The van der Waals surface area contributed by atoms with Gasteiger partial charge in [-0.3, -0.25) is 9.97 Å². The summed E-state index contributed by atoms with van der Waals surface area (Å²) < 4.78 is 0. The van der Waals surface area contributed by atoms with Gasteiger partial charge in [0.15, 0.2) is 11.6 Å². The van der Waals surface area contributed by atoms with E-state index in [0.29, 0.717) is 11.6 Å². The highest BCUT2D eigenvalue weighted by Crippen LogP contribution is 2.40. The van der Waals surface area contributed by atoms with Gasteiger partial charge in [-0.05, 0) is 93.4 Å². The zero-order valence-electron chi connectivity index (χ0n) is 32.8. The van der Waals surface area contributed by atoms with Gasteiger partial charge in [0.05, 0.1) is 11.4 Å². The third-order valence-electron chi connectivity index (χ3n) is 11.0. The molecule has 0 fully saturated rings. The Morgan fingerprint density at radius 1 is 0.350 bits per heavy atom. The first-order chi connectivity index (χ1) is 29.7. The molecule has 1 aliphatic carbocycles. The normalized spacial score (nSPS) is 13.6. The summed E-state index contributed by atoms with van der Waals surface area (Å²) in [5.74, 6) is 1.89. The highest BCUT2D eigenvalue weighted by atomic mass is 15.0. The molecule has 9 aromatic rings. The number of allylic oxidation sites excluding steroid dienone is 4. The van der Waals surface area contributed by atoms with Crippen molar-refractivity contribution < 1.29 is 0 Å². The van der Waals surface area contributed by atoms with E-state index in [1.165, 1.54) is 11.1 Å². The lowest BCUT2D eigenvalue weighted by Gasteiger charge is -2.23. The average molecular weight is 770 g/mol. The molecule has 60 heavy (non-hydrogen) atoms. The van der Waals surface area contributed by atoms with E-state index >= 15 is 0 Å². The van der Waals surface area contributed by atoms with Crippen molar-refractivity contribution in [3.8, 4) is 67.5 Å². The SMILES string of the molecule is C1=C(c2ccc(-c3ccccn3)cc2)C=C(c2ccccc2)CC1c1nc(-c2ccccc2)nc(-c2cc(-c3ccccc3)cc(-c3ccc(-c4ccccn4)cc3)c2)n1. The Labute approximate surface area is 350 Å². The Morgan fingerprint density at radius 3 is 1.35 bits per heavy atom. The van der Waals surface area contributed by atoms with Crippen LogP contribution in [-0.2, 0) is 0 Å². The number of rotatable bonds is 9. The summed E-state index contributed by atoms with van der Waals surface area (Å²) in [6.07, 6.45) is 9.05. The maximum Gasteiger partial charge on any atom is 0.163 e. The van der Waals surface area contributed by atoms with Crippen LogP contribution in [0.1, 0.15) is 29.3 Å². The lowest BCUT2D eigenvalue weighted by Crippen LogP contribution is -2.11. The van der Waals surface area contributed by atoms with Crippen LogP contribution in [-0.4, -0.2) is 24.9 Å². The Balaban J connectivity index is 1.11. The van der Waals surface area contributed by atoms with Crippen LogP contribution in [0.2, 0.25) is 0 Å². The van der Waals surface area contributed by atoms with E-state index < -0.39 is 0 Å². The lowest BCUT2D eigenvalue weighted by molar-refractivity contribution is 0.775. The highest BCUT2D eigenvalue weighted by Gasteiger charge is 2.24. The number of aromatic nitrogens is 5. The van der Waals surface area contributed by atoms with Crippen LogP contribution >= 0.6 is 0 Å². The van der Waals surface area contributed by atoms with Crippen LogP contribution in [0.5, 0.6) is 0 Å². The second kappa shape index (κ2) is 16.5. The molecule has 1 atom stereocenters. The number of pyridine rings is 2. The van der Waals surface area contributed by atoms with Gasteiger partial charge in [-0.2, -0.15) is 0 Å². The Morgan fingerprint density at radius 2 is 0.800 bits per heavy atom. The fraction of sp³-hybridized carbons (Fsp3) is 0.0364. The molecule has 1 aliphatic rings. The van der Waals surface area contributed by atoms with Crippen LogP contribution < -0.4 is 0 Å². The van der Waals surface area contributed by atoms with Gasteiger partial charge >= 0.3 is 0 Å². The third-order valence-corrected chi connectivity index (χ3v) is 11.0. The van der Waals surface area contributed by atoms with E-state index in [9.17, 15) is 0 Å². The van der Waals surface area contributed by atoms with Gasteiger partial charge in [0.1, 0.15) is 5.82 Å². The third kappa shape index (κ3) is 7.85. The summed E-state index contributed by atoms with van der Waals surface area (Å²) in [5.41, 5.74) is 15.0. The molecule has 0 N–H and O–H groups in total. The Bertz CT molecular complexity index is 2950. The van der Waals surface area contributed by atoms with Crippen molar-refractivity contribution in [1.29, 1.82) is 0 Å². The van der Waals surface area contributed by atoms with Gasteiger partial charge in [-0.1, -0.05) is 164 Å². The Hall–Kier alpha value is -7.89. The second-order valence-electron chi connectivity index (χ2n) is 14.9. The van der Waals surface area contributed by atoms with Crippen LogP contribution in [0.25, 0.3) is 78.7 Å². The van der Waals surface area contributed by atoms with E-state index in [1.54, 1.807) is 0 Å². The monoisotopic (exact) mass is 769 g/mol. The lowest BCUT2D eigenvalue weighted by atomic mass is 9.84. The molecular weight excluding hydrogens is 731 g/mol. The van der Waals surface area contributed by atoms with Crippen LogP contribution in [0.4, 0.5) is 0 Å². The first-order valence-electron chi connectivity index (χ1n) is 20.2. The molecule has 3 aromatic heterocycles. The Kier molecular flexibility index (Phi) is 10.0. The second-order valence-corrected chi connectivity index (χ2v) is 14.9. The summed E-state index contributed by atoms with van der Waals surface area (Å²) in [5, 5.41) is 0. The molecule has 1 unspecified atom stereocenters. The van der Waals surface area contributed by atoms with Gasteiger partial charge in [-0.15, -0.1) is 0 Å². The zero-order chi connectivity index (χ0) is 40.1. The molecule has 10 rings (SSSR count). The van der Waals surface area contributed by atoms with Crippen LogP contribution in [0.3, 0.4) is 0 Å². The smallest absolute Gasteiger partial charge is 0.163 e. The van der Waals surface area contributed by atoms with Crippen molar-refractivity contribution in [2.75, 3.05) is 0 Å². The van der Waals surface area contributed by atoms with Gasteiger partial charge in [0.2, 0.25) is 0 Å². The van der Waals surface area contributed by atoms with Crippen LogP contribution in [0, 0.1) is 0 Å². The van der Waals surface area contributed by atoms with Crippen molar-refractivity contribution in [3.63, 3.8) is 0 Å². The van der Waals surface area contributed by atoms with Crippen LogP contribution in [0.15, 0.2) is 219 Å².